The molecule has 1 aliphatic rings. The first-order valence-electron chi connectivity index (χ1n) is 5.16. The molecule has 0 bridgehead atoms. The van der Waals surface area contributed by atoms with Crippen molar-refractivity contribution in [3.8, 4) is 0 Å². The maximum atomic E-state index is 11.6. The zero-order chi connectivity index (χ0) is 11.5. The lowest BCUT2D eigenvalue weighted by atomic mass is 9.92. The third-order valence-corrected chi connectivity index (χ3v) is 2.65. The number of nitro benzene ring substituents is 1. The molecule has 0 spiro atoms. The molecule has 1 aromatic carbocycles. The molecule has 0 fully saturated rings. The number of carbonyl (C=O) groups excluding carboxylic acids is 1. The van der Waals surface area contributed by atoms with Crippen LogP contribution in [-0.4, -0.2) is 10.7 Å². The molecule has 2 rings (SSSR count). The summed E-state index contributed by atoms with van der Waals surface area (Å²) in [7, 11) is 0. The van der Waals surface area contributed by atoms with E-state index < -0.39 is 4.92 Å². The molecule has 0 heterocycles. The Morgan fingerprint density at radius 2 is 1.88 bits per heavy atom. The number of allylic oxidation sites excluding steroid dienone is 2. The summed E-state index contributed by atoms with van der Waals surface area (Å²) in [5, 5.41) is 10.5. The summed E-state index contributed by atoms with van der Waals surface area (Å²) in [6, 6.07) is 6.12. The van der Waals surface area contributed by atoms with E-state index in [9.17, 15) is 14.9 Å². The van der Waals surface area contributed by atoms with Crippen LogP contribution in [0.1, 0.15) is 24.8 Å². The summed E-state index contributed by atoms with van der Waals surface area (Å²) in [6.45, 7) is 0. The summed E-state index contributed by atoms with van der Waals surface area (Å²) in [5.74, 6) is 0.125. The van der Waals surface area contributed by atoms with Crippen molar-refractivity contribution in [2.45, 2.75) is 19.3 Å². The van der Waals surface area contributed by atoms with E-state index in [2.05, 4.69) is 0 Å². The quantitative estimate of drug-likeness (QED) is 0.565. The summed E-state index contributed by atoms with van der Waals surface area (Å²) in [6.07, 6.45) is 4.28. The fourth-order valence-corrected chi connectivity index (χ4v) is 1.80. The Balaban J connectivity index is 2.31. The molecular weight excluding hydrogens is 206 g/mol. The molecule has 0 atom stereocenters. The normalized spacial score (nSPS) is 15.8. The van der Waals surface area contributed by atoms with Crippen LogP contribution in [0.4, 0.5) is 5.69 Å². The number of non-ortho nitro benzene ring substituents is 1. The first-order valence-corrected chi connectivity index (χ1v) is 5.16. The summed E-state index contributed by atoms with van der Waals surface area (Å²) < 4.78 is 0. The lowest BCUT2D eigenvalue weighted by Gasteiger charge is -2.11. The number of benzene rings is 1. The number of rotatable bonds is 2. The van der Waals surface area contributed by atoms with Gasteiger partial charge in [0.05, 0.1) is 4.92 Å². The topological polar surface area (TPSA) is 60.2 Å². The highest BCUT2D eigenvalue weighted by Crippen LogP contribution is 2.25. The molecule has 16 heavy (non-hydrogen) atoms. The van der Waals surface area contributed by atoms with Gasteiger partial charge in [-0.15, -0.1) is 0 Å². The van der Waals surface area contributed by atoms with Crippen LogP contribution < -0.4 is 0 Å². The van der Waals surface area contributed by atoms with Crippen LogP contribution in [0.5, 0.6) is 0 Å². The van der Waals surface area contributed by atoms with Gasteiger partial charge < -0.3 is 0 Å². The van der Waals surface area contributed by atoms with Crippen molar-refractivity contribution in [1.29, 1.82) is 0 Å². The van der Waals surface area contributed by atoms with Crippen LogP contribution in [-0.2, 0) is 4.79 Å². The fraction of sp³-hybridized carbons (Fsp3) is 0.250. The second-order valence-electron chi connectivity index (χ2n) is 3.74. The Bertz CT molecular complexity index is 460. The minimum Gasteiger partial charge on any atom is -0.294 e. The van der Waals surface area contributed by atoms with Gasteiger partial charge in [-0.3, -0.25) is 14.9 Å². The van der Waals surface area contributed by atoms with Gasteiger partial charge in [-0.05, 0) is 30.5 Å². The molecule has 82 valence electrons. The van der Waals surface area contributed by atoms with Gasteiger partial charge in [0.2, 0.25) is 0 Å². The van der Waals surface area contributed by atoms with Crippen molar-refractivity contribution in [3.63, 3.8) is 0 Å². The molecule has 0 aliphatic heterocycles. The van der Waals surface area contributed by atoms with Gasteiger partial charge in [0.25, 0.3) is 5.69 Å². The van der Waals surface area contributed by atoms with E-state index in [4.69, 9.17) is 0 Å². The molecule has 4 nitrogen and oxygen atoms in total. The van der Waals surface area contributed by atoms with Crippen molar-refractivity contribution >= 4 is 17.0 Å². The zero-order valence-corrected chi connectivity index (χ0v) is 8.68. The highest BCUT2D eigenvalue weighted by molar-refractivity contribution is 6.21. The number of hydrogen-bond acceptors (Lipinski definition) is 3. The first kappa shape index (κ1) is 10.5. The highest BCUT2D eigenvalue weighted by Gasteiger charge is 2.15. The Kier molecular flexibility index (Phi) is 2.81. The largest absolute Gasteiger partial charge is 0.294 e. The van der Waals surface area contributed by atoms with Gasteiger partial charge in [-0.1, -0.05) is 6.08 Å². The van der Waals surface area contributed by atoms with E-state index in [1.807, 2.05) is 6.08 Å². The van der Waals surface area contributed by atoms with Crippen LogP contribution in [0.3, 0.4) is 0 Å². The summed E-state index contributed by atoms with van der Waals surface area (Å²) >= 11 is 0. The Morgan fingerprint density at radius 3 is 2.44 bits per heavy atom. The van der Waals surface area contributed by atoms with E-state index in [1.165, 1.54) is 12.1 Å². The third-order valence-electron chi connectivity index (χ3n) is 2.65. The van der Waals surface area contributed by atoms with E-state index in [0.717, 1.165) is 18.4 Å². The number of hydrogen-bond donors (Lipinski definition) is 0. The standard InChI is InChI=1S/C12H11NO3/c14-12-4-2-1-3-11(12)9-5-7-10(8-6-9)13(15)16/h3,5-8H,1-2,4H2. The predicted molar refractivity (Wildman–Crippen MR) is 59.9 cm³/mol. The van der Waals surface area contributed by atoms with E-state index in [-0.39, 0.29) is 11.5 Å². The first-order chi connectivity index (χ1) is 7.68. The zero-order valence-electron chi connectivity index (χ0n) is 8.68. The van der Waals surface area contributed by atoms with Gasteiger partial charge in [0, 0.05) is 24.1 Å². The molecule has 0 amide bonds. The Labute approximate surface area is 92.7 Å². The fourth-order valence-electron chi connectivity index (χ4n) is 1.80. The van der Waals surface area contributed by atoms with E-state index in [1.54, 1.807) is 12.1 Å². The molecule has 4 heteroatoms. The van der Waals surface area contributed by atoms with Crippen LogP contribution >= 0.6 is 0 Å². The second kappa shape index (κ2) is 4.26. The minimum atomic E-state index is -0.444. The van der Waals surface area contributed by atoms with Crippen molar-refractivity contribution in [2.24, 2.45) is 0 Å². The van der Waals surface area contributed by atoms with Gasteiger partial charge >= 0.3 is 0 Å². The van der Waals surface area contributed by atoms with Crippen LogP contribution in [0.15, 0.2) is 30.3 Å². The van der Waals surface area contributed by atoms with Crippen molar-refractivity contribution in [3.05, 3.63) is 46.0 Å². The van der Waals surface area contributed by atoms with Crippen molar-refractivity contribution < 1.29 is 9.72 Å². The number of nitro groups is 1. The number of ketones is 1. The average molecular weight is 217 g/mol. The minimum absolute atomic E-state index is 0.0487. The number of Topliss-reactive ketones (excluding diaryl/α,β-unsaturated/α-hetero) is 1. The maximum absolute atomic E-state index is 11.6. The molecule has 1 aliphatic carbocycles. The molecule has 0 radical (unpaired) electrons. The second-order valence-corrected chi connectivity index (χ2v) is 3.74. The van der Waals surface area contributed by atoms with Crippen LogP contribution in [0.25, 0.3) is 5.57 Å². The van der Waals surface area contributed by atoms with Crippen LogP contribution in [0.2, 0.25) is 0 Å². The Morgan fingerprint density at radius 1 is 1.19 bits per heavy atom. The SMILES string of the molecule is O=C1CCCC=C1c1ccc([N+](=O)[O-])cc1. The predicted octanol–water partition coefficient (Wildman–Crippen LogP) is 2.73. The number of carbonyl (C=O) groups is 1. The monoisotopic (exact) mass is 217 g/mol. The average Bonchev–Trinajstić information content (AvgIpc) is 2.30. The molecule has 1 aromatic rings. The molecule has 0 unspecified atom stereocenters. The third kappa shape index (κ3) is 2.00. The highest BCUT2D eigenvalue weighted by atomic mass is 16.6. The summed E-state index contributed by atoms with van der Waals surface area (Å²) in [5.41, 5.74) is 1.52. The lowest BCUT2D eigenvalue weighted by Crippen LogP contribution is -2.05. The van der Waals surface area contributed by atoms with Gasteiger partial charge in [-0.25, -0.2) is 0 Å². The van der Waals surface area contributed by atoms with E-state index in [0.29, 0.717) is 12.0 Å². The van der Waals surface area contributed by atoms with E-state index >= 15 is 0 Å². The van der Waals surface area contributed by atoms with Gasteiger partial charge in [-0.2, -0.15) is 0 Å². The van der Waals surface area contributed by atoms with Crippen molar-refractivity contribution in [2.75, 3.05) is 0 Å². The smallest absolute Gasteiger partial charge is 0.269 e. The van der Waals surface area contributed by atoms with Gasteiger partial charge in [0.1, 0.15) is 0 Å². The summed E-state index contributed by atoms with van der Waals surface area (Å²) in [4.78, 5) is 21.6. The van der Waals surface area contributed by atoms with Crippen molar-refractivity contribution in [1.82, 2.24) is 0 Å². The molecule has 0 aromatic heterocycles. The lowest BCUT2D eigenvalue weighted by molar-refractivity contribution is -0.384. The molecule has 0 saturated heterocycles. The van der Waals surface area contributed by atoms with Crippen LogP contribution in [0, 0.1) is 10.1 Å². The molecule has 0 saturated carbocycles. The molecular formula is C12H11NO3. The maximum Gasteiger partial charge on any atom is 0.269 e. The van der Waals surface area contributed by atoms with Gasteiger partial charge in [0.15, 0.2) is 5.78 Å². The molecule has 0 N–H and O–H groups in total. The number of nitrogens with zero attached hydrogens (tertiary/aromatic N) is 1. The Hall–Kier alpha value is -1.97.